The first-order valence-electron chi connectivity index (χ1n) is 10.5. The Hall–Kier alpha value is -2.49. The van der Waals surface area contributed by atoms with E-state index in [1.54, 1.807) is 11.8 Å². The molecule has 0 aliphatic carbocycles. The number of nitrogens with zero attached hydrogens (tertiary/aromatic N) is 2. The van der Waals surface area contributed by atoms with Crippen LogP contribution in [0.2, 0.25) is 0 Å². The average molecular weight is 424 g/mol. The highest BCUT2D eigenvalue weighted by Crippen LogP contribution is 2.31. The number of amides is 1. The maximum absolute atomic E-state index is 12.7. The molecule has 1 amide bonds. The third-order valence-electron chi connectivity index (χ3n) is 5.07. The summed E-state index contributed by atoms with van der Waals surface area (Å²) >= 11 is 1.62. The predicted octanol–water partition coefficient (Wildman–Crippen LogP) is 4.81. The lowest BCUT2D eigenvalue weighted by Gasteiger charge is -2.32. The number of carbonyl (C=O) groups is 1. The molecule has 1 N–H and O–H groups in total. The van der Waals surface area contributed by atoms with Crippen LogP contribution in [0.1, 0.15) is 26.2 Å². The molecule has 2 atom stereocenters. The molecule has 5 nitrogen and oxygen atoms in total. The standard InChI is InChI=1S/C24H29N3O2S/c1-19(13-14-25)30-23-12-6-5-11-22(23)26-24(28)17-27-15-7-8-20(16-27)18-29-21-9-3-2-4-10-21/h2-6,9-12,19-20H,7-8,13,15-18H2,1H3,(H,26,28). The maximum atomic E-state index is 12.7. The smallest absolute Gasteiger partial charge is 0.238 e. The second-order valence-corrected chi connectivity index (χ2v) is 9.18. The number of para-hydroxylation sites is 2. The van der Waals surface area contributed by atoms with Gasteiger partial charge in [-0.15, -0.1) is 11.8 Å². The molecule has 1 aliphatic heterocycles. The summed E-state index contributed by atoms with van der Waals surface area (Å²) in [5.41, 5.74) is 0.818. The number of rotatable bonds is 9. The van der Waals surface area contributed by atoms with Crippen molar-refractivity contribution in [2.45, 2.75) is 36.3 Å². The van der Waals surface area contributed by atoms with Crippen molar-refractivity contribution in [3.05, 3.63) is 54.6 Å². The van der Waals surface area contributed by atoms with Crippen molar-refractivity contribution in [2.24, 2.45) is 5.92 Å². The van der Waals surface area contributed by atoms with E-state index in [0.29, 0.717) is 25.5 Å². The van der Waals surface area contributed by atoms with Gasteiger partial charge in [-0.25, -0.2) is 0 Å². The van der Waals surface area contributed by atoms with Crippen LogP contribution < -0.4 is 10.1 Å². The van der Waals surface area contributed by atoms with Gasteiger partial charge in [-0.3, -0.25) is 9.69 Å². The van der Waals surface area contributed by atoms with E-state index in [4.69, 9.17) is 10.00 Å². The third kappa shape index (κ3) is 7.08. The molecule has 2 unspecified atom stereocenters. The van der Waals surface area contributed by atoms with Crippen molar-refractivity contribution in [3.63, 3.8) is 0 Å². The topological polar surface area (TPSA) is 65.4 Å². The van der Waals surface area contributed by atoms with Gasteiger partial charge in [0.15, 0.2) is 0 Å². The molecule has 0 spiro atoms. The van der Waals surface area contributed by atoms with Crippen molar-refractivity contribution < 1.29 is 9.53 Å². The summed E-state index contributed by atoms with van der Waals surface area (Å²) in [6.45, 7) is 4.89. The van der Waals surface area contributed by atoms with E-state index in [-0.39, 0.29) is 11.2 Å². The van der Waals surface area contributed by atoms with E-state index < -0.39 is 0 Å². The van der Waals surface area contributed by atoms with Crippen LogP contribution >= 0.6 is 11.8 Å². The van der Waals surface area contributed by atoms with Gasteiger partial charge >= 0.3 is 0 Å². The van der Waals surface area contributed by atoms with E-state index in [1.807, 2.05) is 61.5 Å². The van der Waals surface area contributed by atoms with Gasteiger partial charge in [-0.2, -0.15) is 5.26 Å². The lowest BCUT2D eigenvalue weighted by Crippen LogP contribution is -2.42. The fourth-order valence-corrected chi connectivity index (χ4v) is 4.61. The molecular formula is C24H29N3O2S. The molecule has 0 aromatic heterocycles. The Bertz CT molecular complexity index is 853. The summed E-state index contributed by atoms with van der Waals surface area (Å²) in [7, 11) is 0. The van der Waals surface area contributed by atoms with Gasteiger partial charge < -0.3 is 10.1 Å². The first-order valence-corrected chi connectivity index (χ1v) is 11.3. The summed E-state index contributed by atoms with van der Waals surface area (Å²) in [6, 6.07) is 19.9. The van der Waals surface area contributed by atoms with Gasteiger partial charge in [0.05, 0.1) is 24.9 Å². The zero-order valence-corrected chi connectivity index (χ0v) is 18.2. The highest BCUT2D eigenvalue weighted by Gasteiger charge is 2.22. The first-order chi connectivity index (χ1) is 14.6. The molecule has 6 heteroatoms. The molecule has 30 heavy (non-hydrogen) atoms. The van der Waals surface area contributed by atoms with Gasteiger partial charge in [0.1, 0.15) is 5.75 Å². The zero-order valence-electron chi connectivity index (χ0n) is 17.4. The molecule has 0 saturated carbocycles. The molecule has 1 saturated heterocycles. The Labute approximate surface area is 183 Å². The number of carbonyl (C=O) groups excluding carboxylic acids is 1. The number of likely N-dealkylation sites (tertiary alicyclic amines) is 1. The Morgan fingerprint density at radius 2 is 2.03 bits per heavy atom. The normalized spacial score (nSPS) is 17.7. The van der Waals surface area contributed by atoms with Crippen molar-refractivity contribution >= 4 is 23.4 Å². The van der Waals surface area contributed by atoms with Crippen LogP contribution in [0.5, 0.6) is 5.75 Å². The zero-order chi connectivity index (χ0) is 21.2. The van der Waals surface area contributed by atoms with Crippen molar-refractivity contribution in [3.8, 4) is 11.8 Å². The number of hydrogen-bond donors (Lipinski definition) is 1. The highest BCUT2D eigenvalue weighted by molar-refractivity contribution is 8.00. The average Bonchev–Trinajstić information content (AvgIpc) is 2.75. The quantitative estimate of drug-likeness (QED) is 0.586. The number of ether oxygens (including phenoxy) is 1. The summed E-state index contributed by atoms with van der Waals surface area (Å²) < 4.78 is 5.91. The number of piperidine rings is 1. The van der Waals surface area contributed by atoms with E-state index in [0.717, 1.165) is 42.3 Å². The Balaban J connectivity index is 1.49. The van der Waals surface area contributed by atoms with Crippen LogP contribution in [0, 0.1) is 17.2 Å². The number of nitriles is 1. The second-order valence-electron chi connectivity index (χ2n) is 7.70. The molecule has 3 rings (SSSR count). The number of anilines is 1. The van der Waals surface area contributed by atoms with E-state index in [9.17, 15) is 4.79 Å². The van der Waals surface area contributed by atoms with Crippen LogP contribution in [-0.4, -0.2) is 42.3 Å². The monoisotopic (exact) mass is 423 g/mol. The molecule has 2 aromatic rings. The minimum atomic E-state index is 0.000569. The second kappa shape index (κ2) is 11.6. The van der Waals surface area contributed by atoms with Crippen molar-refractivity contribution in [1.82, 2.24) is 4.90 Å². The maximum Gasteiger partial charge on any atom is 0.238 e. The van der Waals surface area contributed by atoms with E-state index >= 15 is 0 Å². The van der Waals surface area contributed by atoms with Crippen LogP contribution in [0.25, 0.3) is 0 Å². The predicted molar refractivity (Wildman–Crippen MR) is 122 cm³/mol. The first kappa shape index (κ1) is 22.2. The fraction of sp³-hybridized carbons (Fsp3) is 0.417. The number of thioether (sulfide) groups is 1. The molecule has 1 fully saturated rings. The van der Waals surface area contributed by atoms with Crippen LogP contribution in [0.3, 0.4) is 0 Å². The van der Waals surface area contributed by atoms with Crippen molar-refractivity contribution in [1.29, 1.82) is 5.26 Å². The summed E-state index contributed by atoms with van der Waals surface area (Å²) in [6.07, 6.45) is 2.68. The lowest BCUT2D eigenvalue weighted by atomic mass is 9.99. The summed E-state index contributed by atoms with van der Waals surface area (Å²) in [5.74, 6) is 1.33. The number of nitrogens with one attached hydrogen (secondary N) is 1. The Kier molecular flexibility index (Phi) is 8.61. The van der Waals surface area contributed by atoms with Gasteiger partial charge in [0.2, 0.25) is 5.91 Å². The lowest BCUT2D eigenvalue weighted by molar-refractivity contribution is -0.117. The third-order valence-corrected chi connectivity index (χ3v) is 6.25. The SMILES string of the molecule is CC(CC#N)Sc1ccccc1NC(=O)CN1CCCC(COc2ccccc2)C1. The fourth-order valence-electron chi connectivity index (χ4n) is 3.61. The molecule has 2 aromatic carbocycles. The number of benzene rings is 2. The minimum Gasteiger partial charge on any atom is -0.493 e. The summed E-state index contributed by atoms with van der Waals surface area (Å²) in [4.78, 5) is 15.9. The van der Waals surface area contributed by atoms with Crippen LogP contribution in [-0.2, 0) is 4.79 Å². The molecule has 1 heterocycles. The van der Waals surface area contributed by atoms with Gasteiger partial charge in [0.25, 0.3) is 0 Å². The van der Waals surface area contributed by atoms with E-state index in [2.05, 4.69) is 16.3 Å². The molecule has 158 valence electrons. The molecule has 0 radical (unpaired) electrons. The van der Waals surface area contributed by atoms with Crippen molar-refractivity contribution in [2.75, 3.05) is 31.6 Å². The minimum absolute atomic E-state index is 0.000569. The molecule has 1 aliphatic rings. The van der Waals surface area contributed by atoms with Gasteiger partial charge in [0, 0.05) is 29.0 Å². The molecular weight excluding hydrogens is 394 g/mol. The highest BCUT2D eigenvalue weighted by atomic mass is 32.2. The van der Waals surface area contributed by atoms with Gasteiger partial charge in [-0.1, -0.05) is 37.3 Å². The van der Waals surface area contributed by atoms with Crippen LogP contribution in [0.4, 0.5) is 5.69 Å². The summed E-state index contributed by atoms with van der Waals surface area (Å²) in [5, 5.41) is 12.1. The Morgan fingerprint density at radius 3 is 2.83 bits per heavy atom. The molecule has 0 bridgehead atoms. The number of hydrogen-bond acceptors (Lipinski definition) is 5. The largest absolute Gasteiger partial charge is 0.493 e. The van der Waals surface area contributed by atoms with Gasteiger partial charge in [-0.05, 0) is 43.7 Å². The van der Waals surface area contributed by atoms with E-state index in [1.165, 1.54) is 0 Å². The Morgan fingerprint density at radius 1 is 1.27 bits per heavy atom. The van der Waals surface area contributed by atoms with Crippen LogP contribution in [0.15, 0.2) is 59.5 Å².